The van der Waals surface area contributed by atoms with Crippen LogP contribution < -0.4 is 5.32 Å². The second-order valence-electron chi connectivity index (χ2n) is 3.21. The molecule has 3 heteroatoms. The Labute approximate surface area is 72.2 Å². The van der Waals surface area contributed by atoms with E-state index in [9.17, 15) is 0 Å². The first-order valence-electron chi connectivity index (χ1n) is 4.39. The molecular weight excluding hydrogens is 150 g/mol. The average Bonchev–Trinajstić information content (AvgIpc) is 2.56. The molecule has 0 saturated carbocycles. The minimum atomic E-state index is 0.393. The molecule has 1 saturated heterocycles. The summed E-state index contributed by atoms with van der Waals surface area (Å²) in [7, 11) is 0. The van der Waals surface area contributed by atoms with Gasteiger partial charge in [-0.05, 0) is 32.4 Å². The predicted octanol–water partition coefficient (Wildman–Crippen LogP) is 1.21. The number of hydrogen-bond acceptors (Lipinski definition) is 3. The molecule has 2 rings (SSSR count). The molecule has 0 aliphatic carbocycles. The van der Waals surface area contributed by atoms with Gasteiger partial charge in [-0.15, -0.1) is 0 Å². The molecule has 2 heterocycles. The third-order valence-electron chi connectivity index (χ3n) is 2.19. The first-order valence-corrected chi connectivity index (χ1v) is 4.39. The lowest BCUT2D eigenvalue weighted by Crippen LogP contribution is -2.15. The molecule has 0 radical (unpaired) electrons. The molecule has 1 atom stereocenters. The number of rotatable bonds is 1. The molecular formula is C9H13N3. The standard InChI is InChI=1S/C9H13N3/c1-7-4-6-11-9(12-7)8-3-2-5-10-8/h4,6,8,10H,2-3,5H2,1H3/t8-/m1/s1. The van der Waals surface area contributed by atoms with Gasteiger partial charge in [-0.25, -0.2) is 9.97 Å². The largest absolute Gasteiger partial charge is 0.307 e. The third-order valence-corrected chi connectivity index (χ3v) is 2.19. The van der Waals surface area contributed by atoms with Crippen LogP contribution in [0.5, 0.6) is 0 Å². The summed E-state index contributed by atoms with van der Waals surface area (Å²) in [6.45, 7) is 3.10. The molecule has 1 N–H and O–H groups in total. The Morgan fingerprint density at radius 1 is 1.58 bits per heavy atom. The molecule has 1 aliphatic heterocycles. The lowest BCUT2D eigenvalue weighted by Gasteiger charge is -2.07. The van der Waals surface area contributed by atoms with Gasteiger partial charge in [-0.1, -0.05) is 0 Å². The fourth-order valence-corrected chi connectivity index (χ4v) is 1.54. The second-order valence-corrected chi connectivity index (χ2v) is 3.21. The van der Waals surface area contributed by atoms with Gasteiger partial charge >= 0.3 is 0 Å². The third kappa shape index (κ3) is 1.46. The van der Waals surface area contributed by atoms with Gasteiger partial charge in [0.2, 0.25) is 0 Å². The minimum Gasteiger partial charge on any atom is -0.307 e. The monoisotopic (exact) mass is 163 g/mol. The molecule has 0 spiro atoms. The summed E-state index contributed by atoms with van der Waals surface area (Å²) in [6.07, 6.45) is 4.24. The summed E-state index contributed by atoms with van der Waals surface area (Å²) >= 11 is 0. The van der Waals surface area contributed by atoms with Crippen molar-refractivity contribution in [2.24, 2.45) is 0 Å². The molecule has 0 bridgehead atoms. The van der Waals surface area contributed by atoms with E-state index in [0.29, 0.717) is 6.04 Å². The number of nitrogens with zero attached hydrogens (tertiary/aromatic N) is 2. The van der Waals surface area contributed by atoms with Crippen LogP contribution in [-0.4, -0.2) is 16.5 Å². The summed E-state index contributed by atoms with van der Waals surface area (Å²) in [5.41, 5.74) is 1.05. The van der Waals surface area contributed by atoms with Crippen LogP contribution in [0.1, 0.15) is 30.4 Å². The van der Waals surface area contributed by atoms with Crippen molar-refractivity contribution in [3.05, 3.63) is 23.8 Å². The van der Waals surface area contributed by atoms with Crippen molar-refractivity contribution in [2.45, 2.75) is 25.8 Å². The molecule has 1 fully saturated rings. The first kappa shape index (κ1) is 7.68. The molecule has 1 aromatic rings. The maximum atomic E-state index is 4.38. The minimum absolute atomic E-state index is 0.393. The van der Waals surface area contributed by atoms with Crippen LogP contribution >= 0.6 is 0 Å². The fraction of sp³-hybridized carbons (Fsp3) is 0.556. The van der Waals surface area contributed by atoms with Crippen molar-refractivity contribution in [3.63, 3.8) is 0 Å². The van der Waals surface area contributed by atoms with Gasteiger partial charge in [0.1, 0.15) is 5.82 Å². The average molecular weight is 163 g/mol. The number of aryl methyl sites for hydroxylation is 1. The zero-order valence-electron chi connectivity index (χ0n) is 7.25. The van der Waals surface area contributed by atoms with E-state index in [4.69, 9.17) is 0 Å². The highest BCUT2D eigenvalue weighted by atomic mass is 15.0. The van der Waals surface area contributed by atoms with E-state index in [1.807, 2.05) is 19.2 Å². The second kappa shape index (κ2) is 3.19. The van der Waals surface area contributed by atoms with Gasteiger partial charge in [-0.3, -0.25) is 0 Å². The van der Waals surface area contributed by atoms with E-state index in [1.165, 1.54) is 12.8 Å². The summed E-state index contributed by atoms with van der Waals surface area (Å²) in [4.78, 5) is 8.63. The van der Waals surface area contributed by atoms with Crippen molar-refractivity contribution in [2.75, 3.05) is 6.54 Å². The SMILES string of the molecule is Cc1ccnc([C@H]2CCCN2)n1. The number of aromatic nitrogens is 2. The van der Waals surface area contributed by atoms with Gasteiger partial charge < -0.3 is 5.32 Å². The maximum Gasteiger partial charge on any atom is 0.145 e. The van der Waals surface area contributed by atoms with Gasteiger partial charge in [0.05, 0.1) is 6.04 Å². The van der Waals surface area contributed by atoms with E-state index >= 15 is 0 Å². The van der Waals surface area contributed by atoms with Gasteiger partial charge in [-0.2, -0.15) is 0 Å². The Morgan fingerprint density at radius 3 is 3.17 bits per heavy atom. The molecule has 0 unspecified atom stereocenters. The fourth-order valence-electron chi connectivity index (χ4n) is 1.54. The highest BCUT2D eigenvalue weighted by Gasteiger charge is 2.18. The summed E-state index contributed by atoms with van der Waals surface area (Å²) in [5.74, 6) is 0.951. The lowest BCUT2D eigenvalue weighted by atomic mass is 10.2. The Morgan fingerprint density at radius 2 is 2.50 bits per heavy atom. The summed E-state index contributed by atoms with van der Waals surface area (Å²) < 4.78 is 0. The normalized spacial score (nSPS) is 22.9. The molecule has 1 aliphatic rings. The van der Waals surface area contributed by atoms with Crippen LogP contribution in [0.3, 0.4) is 0 Å². The molecule has 64 valence electrons. The number of hydrogen-bond donors (Lipinski definition) is 1. The molecule has 1 aromatic heterocycles. The van der Waals surface area contributed by atoms with Crippen LogP contribution in [0, 0.1) is 6.92 Å². The van der Waals surface area contributed by atoms with E-state index in [0.717, 1.165) is 18.1 Å². The molecule has 0 aromatic carbocycles. The summed E-state index contributed by atoms with van der Waals surface area (Å²) in [6, 6.07) is 2.32. The van der Waals surface area contributed by atoms with Crippen LogP contribution in [0.2, 0.25) is 0 Å². The van der Waals surface area contributed by atoms with Crippen molar-refractivity contribution in [1.29, 1.82) is 0 Å². The van der Waals surface area contributed by atoms with Crippen molar-refractivity contribution in [1.82, 2.24) is 15.3 Å². The maximum absolute atomic E-state index is 4.38. The molecule has 3 nitrogen and oxygen atoms in total. The van der Waals surface area contributed by atoms with Crippen LogP contribution in [-0.2, 0) is 0 Å². The quantitative estimate of drug-likeness (QED) is 0.676. The van der Waals surface area contributed by atoms with Crippen LogP contribution in [0.4, 0.5) is 0 Å². The topological polar surface area (TPSA) is 37.8 Å². The zero-order chi connectivity index (χ0) is 8.39. The van der Waals surface area contributed by atoms with Crippen LogP contribution in [0.15, 0.2) is 12.3 Å². The predicted molar refractivity (Wildman–Crippen MR) is 46.7 cm³/mol. The Balaban J connectivity index is 2.21. The highest BCUT2D eigenvalue weighted by Crippen LogP contribution is 2.18. The highest BCUT2D eigenvalue weighted by molar-refractivity contribution is 5.04. The van der Waals surface area contributed by atoms with Crippen molar-refractivity contribution >= 4 is 0 Å². The molecule has 0 amide bonds. The van der Waals surface area contributed by atoms with E-state index < -0.39 is 0 Å². The smallest absolute Gasteiger partial charge is 0.145 e. The zero-order valence-corrected chi connectivity index (χ0v) is 7.25. The van der Waals surface area contributed by atoms with E-state index in [-0.39, 0.29) is 0 Å². The van der Waals surface area contributed by atoms with E-state index in [1.54, 1.807) is 0 Å². The van der Waals surface area contributed by atoms with Gasteiger partial charge in [0.15, 0.2) is 0 Å². The van der Waals surface area contributed by atoms with Crippen molar-refractivity contribution in [3.8, 4) is 0 Å². The lowest BCUT2D eigenvalue weighted by molar-refractivity contribution is 0.602. The Kier molecular flexibility index (Phi) is 2.04. The van der Waals surface area contributed by atoms with Gasteiger partial charge in [0.25, 0.3) is 0 Å². The van der Waals surface area contributed by atoms with Gasteiger partial charge in [0, 0.05) is 11.9 Å². The Hall–Kier alpha value is -0.960. The van der Waals surface area contributed by atoms with Crippen molar-refractivity contribution < 1.29 is 0 Å². The van der Waals surface area contributed by atoms with E-state index in [2.05, 4.69) is 15.3 Å². The number of nitrogens with one attached hydrogen (secondary N) is 1. The first-order chi connectivity index (χ1) is 5.86. The van der Waals surface area contributed by atoms with Crippen LogP contribution in [0.25, 0.3) is 0 Å². The Bertz CT molecular complexity index is 266. The summed E-state index contributed by atoms with van der Waals surface area (Å²) in [5, 5.41) is 3.38. The molecule has 12 heavy (non-hydrogen) atoms.